The number of likely N-dealkylation sites (tertiary alicyclic amines) is 1. The van der Waals surface area contributed by atoms with Crippen LogP contribution < -0.4 is 5.73 Å². The minimum absolute atomic E-state index is 0.0753. The fourth-order valence-corrected chi connectivity index (χ4v) is 2.31. The van der Waals surface area contributed by atoms with Gasteiger partial charge in [-0.25, -0.2) is 0 Å². The Balaban J connectivity index is 2.03. The molecular formula is C11H15F3N4O2. The van der Waals surface area contributed by atoms with Gasteiger partial charge in [-0.2, -0.15) is 18.2 Å². The van der Waals surface area contributed by atoms with Crippen LogP contribution in [-0.4, -0.2) is 34.0 Å². The molecule has 20 heavy (non-hydrogen) atoms. The summed E-state index contributed by atoms with van der Waals surface area (Å²) in [6.45, 7) is 2.83. The normalized spacial score (nSPS) is 24.8. The monoisotopic (exact) mass is 292 g/mol. The summed E-state index contributed by atoms with van der Waals surface area (Å²) in [6.07, 6.45) is -3.22. The van der Waals surface area contributed by atoms with Crippen LogP contribution in [0.3, 0.4) is 0 Å². The van der Waals surface area contributed by atoms with Crippen molar-refractivity contribution < 1.29 is 22.5 Å². The van der Waals surface area contributed by atoms with Crippen LogP contribution in [0.4, 0.5) is 13.2 Å². The first-order valence-corrected chi connectivity index (χ1v) is 6.13. The lowest BCUT2D eigenvalue weighted by Gasteiger charge is -2.37. The van der Waals surface area contributed by atoms with Crippen molar-refractivity contribution >= 4 is 5.91 Å². The molecule has 1 aromatic heterocycles. The Morgan fingerprint density at radius 1 is 1.55 bits per heavy atom. The standard InChI is InChI=1S/C11H15F3N4O2/c1-10(8(15)19)3-2-4-18(6-10)5-7-16-9(17-20-7)11(12,13)14/h2-6H2,1H3,(H2,15,19). The lowest BCUT2D eigenvalue weighted by Crippen LogP contribution is -2.48. The van der Waals surface area contributed by atoms with Crippen LogP contribution in [-0.2, 0) is 17.5 Å². The first-order valence-electron chi connectivity index (χ1n) is 6.13. The quantitative estimate of drug-likeness (QED) is 0.904. The zero-order valence-electron chi connectivity index (χ0n) is 10.9. The van der Waals surface area contributed by atoms with Gasteiger partial charge in [0, 0.05) is 6.54 Å². The molecule has 1 aliphatic rings. The molecule has 0 saturated carbocycles. The van der Waals surface area contributed by atoms with Crippen LogP contribution in [0.1, 0.15) is 31.5 Å². The number of primary amides is 1. The molecule has 1 unspecified atom stereocenters. The Kier molecular flexibility index (Phi) is 3.72. The maximum atomic E-state index is 12.3. The predicted octanol–water partition coefficient (Wildman–Crippen LogP) is 1.18. The van der Waals surface area contributed by atoms with Crippen molar-refractivity contribution in [2.75, 3.05) is 13.1 Å². The molecule has 0 bridgehead atoms. The van der Waals surface area contributed by atoms with E-state index in [2.05, 4.69) is 14.7 Å². The van der Waals surface area contributed by atoms with E-state index in [4.69, 9.17) is 5.73 Å². The number of alkyl halides is 3. The van der Waals surface area contributed by atoms with Gasteiger partial charge in [0.05, 0.1) is 12.0 Å². The third-order valence-corrected chi connectivity index (χ3v) is 3.45. The first kappa shape index (κ1) is 14.8. The molecule has 112 valence electrons. The summed E-state index contributed by atoms with van der Waals surface area (Å²) in [5.74, 6) is -1.82. The molecule has 2 N–H and O–H groups in total. The topological polar surface area (TPSA) is 85.3 Å². The number of halogens is 3. The molecule has 0 spiro atoms. The fourth-order valence-electron chi connectivity index (χ4n) is 2.31. The van der Waals surface area contributed by atoms with E-state index in [0.717, 1.165) is 6.42 Å². The second-order valence-electron chi connectivity index (χ2n) is 5.25. The highest BCUT2D eigenvalue weighted by Gasteiger charge is 2.39. The van der Waals surface area contributed by atoms with Gasteiger partial charge in [0.1, 0.15) is 0 Å². The maximum absolute atomic E-state index is 12.3. The second-order valence-corrected chi connectivity index (χ2v) is 5.25. The summed E-state index contributed by atoms with van der Waals surface area (Å²) >= 11 is 0. The fraction of sp³-hybridized carbons (Fsp3) is 0.727. The molecular weight excluding hydrogens is 277 g/mol. The largest absolute Gasteiger partial charge is 0.455 e. The predicted molar refractivity (Wildman–Crippen MR) is 61.1 cm³/mol. The third-order valence-electron chi connectivity index (χ3n) is 3.45. The Hall–Kier alpha value is -1.64. The molecule has 9 heteroatoms. The second kappa shape index (κ2) is 5.04. The Morgan fingerprint density at radius 2 is 2.25 bits per heavy atom. The van der Waals surface area contributed by atoms with Crippen molar-refractivity contribution in [1.82, 2.24) is 15.0 Å². The van der Waals surface area contributed by atoms with E-state index in [9.17, 15) is 18.0 Å². The van der Waals surface area contributed by atoms with E-state index in [1.807, 2.05) is 0 Å². The minimum Gasteiger partial charge on any atom is -0.369 e. The Labute approximate surface area is 113 Å². The molecule has 0 aliphatic carbocycles. The molecule has 1 amide bonds. The SMILES string of the molecule is CC1(C(N)=O)CCCN(Cc2nc(C(F)(F)F)no2)C1. The van der Waals surface area contributed by atoms with E-state index in [-0.39, 0.29) is 12.4 Å². The van der Waals surface area contributed by atoms with Gasteiger partial charge in [-0.15, -0.1) is 0 Å². The molecule has 0 aromatic carbocycles. The van der Waals surface area contributed by atoms with Gasteiger partial charge in [-0.1, -0.05) is 5.16 Å². The number of nitrogens with zero attached hydrogens (tertiary/aromatic N) is 3. The number of amides is 1. The molecule has 2 heterocycles. The number of aromatic nitrogens is 2. The smallest absolute Gasteiger partial charge is 0.369 e. The molecule has 1 aliphatic heterocycles. The van der Waals surface area contributed by atoms with Crippen molar-refractivity contribution in [2.45, 2.75) is 32.5 Å². The summed E-state index contributed by atoms with van der Waals surface area (Å²) in [5.41, 5.74) is 4.68. The Bertz CT molecular complexity index is 502. The minimum atomic E-state index is -4.62. The van der Waals surface area contributed by atoms with Crippen LogP contribution in [0.5, 0.6) is 0 Å². The van der Waals surface area contributed by atoms with E-state index in [1.54, 1.807) is 11.8 Å². The summed E-state index contributed by atoms with van der Waals surface area (Å²) < 4.78 is 41.6. The van der Waals surface area contributed by atoms with Crippen molar-refractivity contribution in [3.8, 4) is 0 Å². The number of hydrogen-bond donors (Lipinski definition) is 1. The lowest BCUT2D eigenvalue weighted by atomic mass is 9.81. The molecule has 1 saturated heterocycles. The van der Waals surface area contributed by atoms with Crippen LogP contribution in [0.25, 0.3) is 0 Å². The average Bonchev–Trinajstić information content (AvgIpc) is 2.77. The van der Waals surface area contributed by atoms with Gasteiger partial charge in [-0.05, 0) is 26.3 Å². The number of piperidine rings is 1. The summed E-state index contributed by atoms with van der Waals surface area (Å²) in [7, 11) is 0. The Morgan fingerprint density at radius 3 is 2.80 bits per heavy atom. The highest BCUT2D eigenvalue weighted by atomic mass is 19.4. The van der Waals surface area contributed by atoms with Crippen molar-refractivity contribution in [3.63, 3.8) is 0 Å². The maximum Gasteiger partial charge on any atom is 0.455 e. The number of nitrogens with two attached hydrogens (primary N) is 1. The lowest BCUT2D eigenvalue weighted by molar-refractivity contribution is -0.146. The molecule has 1 fully saturated rings. The molecule has 2 rings (SSSR count). The summed E-state index contributed by atoms with van der Waals surface area (Å²) in [5, 5.41) is 2.90. The van der Waals surface area contributed by atoms with Crippen LogP contribution in [0.15, 0.2) is 4.52 Å². The molecule has 6 nitrogen and oxygen atoms in total. The number of rotatable bonds is 3. The third kappa shape index (κ3) is 3.09. The van der Waals surface area contributed by atoms with Crippen LogP contribution in [0.2, 0.25) is 0 Å². The van der Waals surface area contributed by atoms with Crippen molar-refractivity contribution in [2.24, 2.45) is 11.1 Å². The van der Waals surface area contributed by atoms with E-state index < -0.39 is 23.3 Å². The number of carbonyl (C=O) groups is 1. The zero-order chi connectivity index (χ0) is 15.0. The molecule has 1 aromatic rings. The van der Waals surface area contributed by atoms with Gasteiger partial charge >= 0.3 is 6.18 Å². The van der Waals surface area contributed by atoms with Crippen molar-refractivity contribution in [3.05, 3.63) is 11.7 Å². The van der Waals surface area contributed by atoms with Gasteiger partial charge in [0.2, 0.25) is 11.8 Å². The highest BCUT2D eigenvalue weighted by Crippen LogP contribution is 2.30. The van der Waals surface area contributed by atoms with Gasteiger partial charge in [0.15, 0.2) is 0 Å². The van der Waals surface area contributed by atoms with Gasteiger partial charge < -0.3 is 10.3 Å². The van der Waals surface area contributed by atoms with Gasteiger partial charge in [-0.3, -0.25) is 9.69 Å². The summed E-state index contributed by atoms with van der Waals surface area (Å²) in [6, 6.07) is 0. The van der Waals surface area contributed by atoms with Crippen LogP contribution in [0, 0.1) is 5.41 Å². The average molecular weight is 292 g/mol. The zero-order valence-corrected chi connectivity index (χ0v) is 10.9. The number of carbonyl (C=O) groups excluding carboxylic acids is 1. The van der Waals surface area contributed by atoms with E-state index in [0.29, 0.717) is 19.5 Å². The summed E-state index contributed by atoms with van der Waals surface area (Å²) in [4.78, 5) is 16.5. The van der Waals surface area contributed by atoms with E-state index >= 15 is 0 Å². The molecule has 1 atom stereocenters. The van der Waals surface area contributed by atoms with E-state index in [1.165, 1.54) is 0 Å². The molecule has 0 radical (unpaired) electrons. The van der Waals surface area contributed by atoms with Gasteiger partial charge in [0.25, 0.3) is 5.82 Å². The highest BCUT2D eigenvalue weighted by molar-refractivity contribution is 5.80. The van der Waals surface area contributed by atoms with Crippen molar-refractivity contribution in [1.29, 1.82) is 0 Å². The van der Waals surface area contributed by atoms with Crippen LogP contribution >= 0.6 is 0 Å². The first-order chi connectivity index (χ1) is 9.21. The number of hydrogen-bond acceptors (Lipinski definition) is 5.